The third-order valence-electron chi connectivity index (χ3n) is 5.67. The Bertz CT molecular complexity index is 841. The number of thiophene rings is 1. The Morgan fingerprint density at radius 2 is 1.73 bits per heavy atom. The summed E-state index contributed by atoms with van der Waals surface area (Å²) in [6.07, 6.45) is 4.60. The summed E-state index contributed by atoms with van der Waals surface area (Å²) in [5, 5.41) is 11.2. The Balaban J connectivity index is 1.44. The van der Waals surface area contributed by atoms with Crippen molar-refractivity contribution in [2.75, 3.05) is 26.2 Å². The molecule has 0 spiro atoms. The summed E-state index contributed by atoms with van der Waals surface area (Å²) < 4.78 is 26.9. The summed E-state index contributed by atoms with van der Waals surface area (Å²) in [5.41, 5.74) is 0. The van der Waals surface area contributed by atoms with Crippen molar-refractivity contribution < 1.29 is 23.1 Å². The van der Waals surface area contributed by atoms with E-state index in [4.69, 9.17) is 0 Å². The maximum absolute atomic E-state index is 13.0. The van der Waals surface area contributed by atoms with Gasteiger partial charge < -0.3 is 10.0 Å². The molecular formula is C17H20N2O5S2. The number of sulfonamides is 1. The Labute approximate surface area is 156 Å². The van der Waals surface area contributed by atoms with Gasteiger partial charge in [0.05, 0.1) is 11.8 Å². The highest BCUT2D eigenvalue weighted by atomic mass is 32.2. The molecule has 4 rings (SSSR count). The van der Waals surface area contributed by atoms with Crippen LogP contribution in [-0.4, -0.2) is 60.8 Å². The average molecular weight is 396 g/mol. The summed E-state index contributed by atoms with van der Waals surface area (Å²) in [4.78, 5) is 26.2. The lowest BCUT2D eigenvalue weighted by Gasteiger charge is -2.37. The molecule has 0 aromatic carbocycles. The van der Waals surface area contributed by atoms with Gasteiger partial charge in [-0.15, -0.1) is 11.3 Å². The Kier molecular flexibility index (Phi) is 4.40. The van der Waals surface area contributed by atoms with E-state index in [1.54, 1.807) is 22.4 Å². The number of aliphatic carboxylic acids is 1. The quantitative estimate of drug-likeness (QED) is 0.769. The minimum atomic E-state index is -3.51. The molecule has 2 heterocycles. The Morgan fingerprint density at radius 1 is 1.08 bits per heavy atom. The molecule has 1 aromatic rings. The zero-order chi connectivity index (χ0) is 18.5. The molecule has 1 saturated heterocycles. The number of carboxylic acid groups (broad SMARTS) is 1. The van der Waals surface area contributed by atoms with Gasteiger partial charge in [-0.1, -0.05) is 18.2 Å². The number of hydrogen-bond donors (Lipinski definition) is 1. The summed E-state index contributed by atoms with van der Waals surface area (Å²) in [6, 6.07) is 3.28. The molecule has 0 radical (unpaired) electrons. The monoisotopic (exact) mass is 396 g/mol. The molecule has 1 N–H and O–H groups in total. The lowest BCUT2D eigenvalue weighted by Crippen LogP contribution is -2.53. The van der Waals surface area contributed by atoms with E-state index in [0.29, 0.717) is 17.3 Å². The summed E-state index contributed by atoms with van der Waals surface area (Å²) in [5.74, 6) is -2.33. The molecule has 9 heteroatoms. The van der Waals surface area contributed by atoms with Gasteiger partial charge in [0, 0.05) is 26.2 Å². The van der Waals surface area contributed by atoms with Crippen molar-refractivity contribution in [1.29, 1.82) is 0 Å². The fourth-order valence-electron chi connectivity index (χ4n) is 4.39. The first-order valence-electron chi connectivity index (χ1n) is 8.63. The average Bonchev–Trinajstić information content (AvgIpc) is 3.37. The SMILES string of the molecule is O=C(O)[C@@H]1[C@H](C(=O)N2CCN(S(=O)(=O)c3cccs3)CC2)[C@@H]2C=C[C@H]1C2. The van der Waals surface area contributed by atoms with Crippen molar-refractivity contribution >= 4 is 33.2 Å². The smallest absolute Gasteiger partial charge is 0.307 e. The van der Waals surface area contributed by atoms with Crippen LogP contribution in [-0.2, 0) is 19.6 Å². The molecular weight excluding hydrogens is 376 g/mol. The number of allylic oxidation sites excluding steroid dienone is 2. The third kappa shape index (κ3) is 2.78. The van der Waals surface area contributed by atoms with Crippen LogP contribution >= 0.6 is 11.3 Å². The summed E-state index contributed by atoms with van der Waals surface area (Å²) in [6.45, 7) is 1.07. The fraction of sp³-hybridized carbons (Fsp3) is 0.529. The van der Waals surface area contributed by atoms with Gasteiger partial charge in [-0.05, 0) is 29.7 Å². The highest BCUT2D eigenvalue weighted by Crippen LogP contribution is 2.48. The van der Waals surface area contributed by atoms with Crippen molar-refractivity contribution in [3.8, 4) is 0 Å². The minimum Gasteiger partial charge on any atom is -0.481 e. The zero-order valence-corrected chi connectivity index (χ0v) is 15.7. The second-order valence-corrected chi connectivity index (χ2v) is 10.1. The van der Waals surface area contributed by atoms with E-state index in [1.165, 1.54) is 15.6 Å². The zero-order valence-electron chi connectivity index (χ0n) is 14.0. The topological polar surface area (TPSA) is 95.0 Å². The van der Waals surface area contributed by atoms with Crippen LogP contribution in [0.4, 0.5) is 0 Å². The van der Waals surface area contributed by atoms with E-state index in [-0.39, 0.29) is 30.8 Å². The molecule has 7 nitrogen and oxygen atoms in total. The number of hydrogen-bond acceptors (Lipinski definition) is 5. The molecule has 2 aliphatic carbocycles. The molecule has 140 valence electrons. The molecule has 1 aromatic heterocycles. The van der Waals surface area contributed by atoms with E-state index in [0.717, 1.165) is 6.42 Å². The summed E-state index contributed by atoms with van der Waals surface area (Å²) >= 11 is 1.18. The van der Waals surface area contributed by atoms with E-state index < -0.39 is 27.8 Å². The van der Waals surface area contributed by atoms with Crippen molar-refractivity contribution in [3.05, 3.63) is 29.7 Å². The maximum Gasteiger partial charge on any atom is 0.307 e. The van der Waals surface area contributed by atoms with Crippen LogP contribution in [0.3, 0.4) is 0 Å². The van der Waals surface area contributed by atoms with Gasteiger partial charge in [-0.2, -0.15) is 4.31 Å². The predicted molar refractivity (Wildman–Crippen MR) is 95.0 cm³/mol. The highest BCUT2D eigenvalue weighted by Gasteiger charge is 2.52. The Hall–Kier alpha value is -1.71. The lowest BCUT2D eigenvalue weighted by molar-refractivity contribution is -0.151. The molecule has 0 unspecified atom stereocenters. The van der Waals surface area contributed by atoms with E-state index in [2.05, 4.69) is 0 Å². The number of nitrogens with zero attached hydrogens (tertiary/aromatic N) is 2. The largest absolute Gasteiger partial charge is 0.481 e. The van der Waals surface area contributed by atoms with Crippen molar-refractivity contribution in [3.63, 3.8) is 0 Å². The number of carbonyl (C=O) groups excluding carboxylic acids is 1. The van der Waals surface area contributed by atoms with Crippen LogP contribution in [0.1, 0.15) is 6.42 Å². The highest BCUT2D eigenvalue weighted by molar-refractivity contribution is 7.91. The second kappa shape index (κ2) is 6.47. The van der Waals surface area contributed by atoms with Gasteiger partial charge >= 0.3 is 5.97 Å². The number of amides is 1. The van der Waals surface area contributed by atoms with Gasteiger partial charge in [0.15, 0.2) is 0 Å². The summed E-state index contributed by atoms with van der Waals surface area (Å²) in [7, 11) is -3.51. The van der Waals surface area contributed by atoms with Gasteiger partial charge in [-0.25, -0.2) is 8.42 Å². The van der Waals surface area contributed by atoms with Crippen molar-refractivity contribution in [2.24, 2.45) is 23.7 Å². The number of rotatable bonds is 4. The fourth-order valence-corrected chi connectivity index (χ4v) is 6.96. The first kappa shape index (κ1) is 17.7. The van der Waals surface area contributed by atoms with Crippen LogP contribution in [0.5, 0.6) is 0 Å². The number of carboxylic acids is 1. The third-order valence-corrected chi connectivity index (χ3v) is 8.94. The van der Waals surface area contributed by atoms with E-state index in [9.17, 15) is 23.1 Å². The second-order valence-electron chi connectivity index (χ2n) is 7.00. The first-order chi connectivity index (χ1) is 12.4. The normalized spacial score (nSPS) is 31.5. The van der Waals surface area contributed by atoms with Crippen LogP contribution < -0.4 is 0 Å². The first-order valence-corrected chi connectivity index (χ1v) is 10.9. The van der Waals surface area contributed by atoms with Gasteiger partial charge in [0.2, 0.25) is 5.91 Å². The van der Waals surface area contributed by atoms with Crippen LogP contribution in [0, 0.1) is 23.7 Å². The van der Waals surface area contributed by atoms with Gasteiger partial charge in [0.25, 0.3) is 10.0 Å². The molecule has 1 amide bonds. The van der Waals surface area contributed by atoms with Gasteiger partial charge in [-0.3, -0.25) is 9.59 Å². The Morgan fingerprint density at radius 3 is 2.31 bits per heavy atom. The standard InChI is InChI=1S/C17H20N2O5S2/c20-16(14-11-3-4-12(10-11)15(14)17(21)22)18-5-7-19(8-6-18)26(23,24)13-2-1-9-25-13/h1-4,9,11-12,14-15H,5-8,10H2,(H,21,22)/t11-,12+,14-,15+/m1/s1. The van der Waals surface area contributed by atoms with Crippen LogP contribution in [0.15, 0.2) is 33.9 Å². The molecule has 2 bridgehead atoms. The van der Waals surface area contributed by atoms with Gasteiger partial charge in [0.1, 0.15) is 4.21 Å². The minimum absolute atomic E-state index is 0.0125. The molecule has 2 fully saturated rings. The van der Waals surface area contributed by atoms with E-state index >= 15 is 0 Å². The van der Waals surface area contributed by atoms with Crippen LogP contribution in [0.2, 0.25) is 0 Å². The number of fused-ring (bicyclic) bond motifs is 2. The number of piperazine rings is 1. The van der Waals surface area contributed by atoms with Crippen molar-refractivity contribution in [2.45, 2.75) is 10.6 Å². The van der Waals surface area contributed by atoms with Crippen LogP contribution in [0.25, 0.3) is 0 Å². The molecule has 1 aliphatic heterocycles. The molecule has 3 aliphatic rings. The lowest BCUT2D eigenvalue weighted by atomic mass is 9.82. The molecule has 1 saturated carbocycles. The maximum atomic E-state index is 13.0. The van der Waals surface area contributed by atoms with Crippen molar-refractivity contribution in [1.82, 2.24) is 9.21 Å². The molecule has 4 atom stereocenters. The van der Waals surface area contributed by atoms with E-state index in [1.807, 2.05) is 12.2 Å². The molecule has 26 heavy (non-hydrogen) atoms. The number of carbonyl (C=O) groups is 2. The predicted octanol–water partition coefficient (Wildman–Crippen LogP) is 1.10.